The molecule has 2 aromatic rings. The number of nitrogens with zero attached hydrogens (tertiary/aromatic N) is 3. The minimum absolute atomic E-state index is 0.00945. The molecule has 6 atom stereocenters. The second-order valence-corrected chi connectivity index (χ2v) is 10.7. The Balaban J connectivity index is 1.38. The van der Waals surface area contributed by atoms with E-state index in [1.54, 1.807) is 0 Å². The van der Waals surface area contributed by atoms with Crippen LogP contribution in [0.25, 0.3) is 0 Å². The molecule has 2 saturated carbocycles. The minimum Gasteiger partial charge on any atom is -0.292 e. The van der Waals surface area contributed by atoms with Crippen LogP contribution in [-0.2, 0) is 9.59 Å². The molecule has 11 heteroatoms. The van der Waals surface area contributed by atoms with Gasteiger partial charge in [0, 0.05) is 22.7 Å². The lowest BCUT2D eigenvalue weighted by Gasteiger charge is -2.37. The summed E-state index contributed by atoms with van der Waals surface area (Å²) in [5.41, 5.74) is -0.378. The van der Waals surface area contributed by atoms with Gasteiger partial charge >= 0.3 is 0 Å². The summed E-state index contributed by atoms with van der Waals surface area (Å²) in [6, 6.07) is 9.19. The lowest BCUT2D eigenvalue weighted by molar-refractivity contribution is -0.384. The summed E-state index contributed by atoms with van der Waals surface area (Å²) in [5.74, 6) is -3.17. The van der Waals surface area contributed by atoms with Crippen molar-refractivity contribution in [3.8, 4) is 0 Å². The largest absolute Gasteiger partial charge is 0.292 e. The maximum Gasteiger partial charge on any atom is 0.274 e. The number of allylic oxidation sites excluding steroid dienone is 2. The smallest absolute Gasteiger partial charge is 0.274 e. The van der Waals surface area contributed by atoms with Gasteiger partial charge in [-0.05, 0) is 48.3 Å². The fourth-order valence-electron chi connectivity index (χ4n) is 6.23. The Kier molecular flexibility index (Phi) is 5.47. The maximum atomic E-state index is 13.7. The Morgan fingerprint density at radius 1 is 1.00 bits per heavy atom. The standard InChI is InChI=1S/C26H19Cl2N3O6/c27-13-4-5-17(20(28)9-13)24(33)29(11-21(32)12-2-1-3-14(8-12)31(36)37)30-25(34)22-15-6-7-16(19-10-18(15)19)23(22)26(30)35/h1-9,15-16,18-19,22-23H,10-11H2/t15-,16-,18-,19-,22+,23+/m0/s1. The highest BCUT2D eigenvalue weighted by Gasteiger charge is 2.68. The van der Waals surface area contributed by atoms with E-state index >= 15 is 0 Å². The van der Waals surface area contributed by atoms with E-state index in [1.807, 2.05) is 12.2 Å². The van der Waals surface area contributed by atoms with Crippen LogP contribution in [-0.4, -0.2) is 45.0 Å². The summed E-state index contributed by atoms with van der Waals surface area (Å²) < 4.78 is 0. The predicted octanol–water partition coefficient (Wildman–Crippen LogP) is 4.19. The molecule has 5 aliphatic rings. The zero-order chi connectivity index (χ0) is 26.2. The number of carbonyl (C=O) groups excluding carboxylic acids is 4. The van der Waals surface area contributed by atoms with Crippen molar-refractivity contribution in [2.45, 2.75) is 6.42 Å². The van der Waals surface area contributed by atoms with Crippen LogP contribution >= 0.6 is 23.2 Å². The first-order chi connectivity index (χ1) is 17.7. The van der Waals surface area contributed by atoms with Crippen LogP contribution in [0.15, 0.2) is 54.6 Å². The molecule has 37 heavy (non-hydrogen) atoms. The highest BCUT2D eigenvalue weighted by Crippen LogP contribution is 2.65. The number of hydrogen-bond donors (Lipinski definition) is 0. The number of benzene rings is 2. The number of amides is 3. The van der Waals surface area contributed by atoms with Crippen molar-refractivity contribution in [2.24, 2.45) is 35.5 Å². The van der Waals surface area contributed by atoms with Crippen molar-refractivity contribution in [1.29, 1.82) is 0 Å². The molecule has 3 fully saturated rings. The molecule has 0 spiro atoms. The number of rotatable bonds is 6. The zero-order valence-electron chi connectivity index (χ0n) is 19.1. The zero-order valence-corrected chi connectivity index (χ0v) is 20.6. The Morgan fingerprint density at radius 3 is 2.24 bits per heavy atom. The number of carbonyl (C=O) groups is 4. The average Bonchev–Trinajstić information content (AvgIpc) is 3.66. The van der Waals surface area contributed by atoms with Crippen molar-refractivity contribution >= 4 is 52.4 Å². The average molecular weight is 540 g/mol. The normalized spacial score (nSPS) is 28.6. The summed E-state index contributed by atoms with van der Waals surface area (Å²) in [6.07, 6.45) is 4.99. The number of nitro groups is 1. The number of Topliss-reactive ketones (excluding diaryl/α,β-unsaturated/α-hetero) is 1. The molecule has 7 rings (SSSR count). The second-order valence-electron chi connectivity index (χ2n) is 9.86. The summed E-state index contributed by atoms with van der Waals surface area (Å²) in [7, 11) is 0. The fourth-order valence-corrected chi connectivity index (χ4v) is 6.72. The third kappa shape index (κ3) is 3.67. The van der Waals surface area contributed by atoms with E-state index in [4.69, 9.17) is 23.2 Å². The number of non-ortho nitro benzene ring substituents is 1. The molecular weight excluding hydrogens is 521 g/mol. The van der Waals surface area contributed by atoms with E-state index in [0.717, 1.165) is 22.5 Å². The third-order valence-electron chi connectivity index (χ3n) is 7.95. The van der Waals surface area contributed by atoms with Gasteiger partial charge in [0.2, 0.25) is 0 Å². The number of hydrogen-bond acceptors (Lipinski definition) is 6. The molecule has 0 unspecified atom stereocenters. The van der Waals surface area contributed by atoms with E-state index in [2.05, 4.69) is 0 Å². The lowest BCUT2D eigenvalue weighted by Crippen LogP contribution is -2.52. The van der Waals surface area contributed by atoms with Gasteiger partial charge in [0.05, 0.1) is 27.3 Å². The third-order valence-corrected chi connectivity index (χ3v) is 8.50. The SMILES string of the molecule is O=C(CN(C(=O)c1ccc(Cl)cc1Cl)N1C(=O)[C@@H]2[C@H]3C=C[C@@H]([C@@H]4C[C@@H]34)[C@H]2C1=O)c1cccc([N+](=O)[O-])c1. The molecule has 0 N–H and O–H groups in total. The Morgan fingerprint density at radius 2 is 1.65 bits per heavy atom. The van der Waals surface area contributed by atoms with Gasteiger partial charge in [-0.25, -0.2) is 5.01 Å². The molecule has 1 heterocycles. The molecule has 0 radical (unpaired) electrons. The predicted molar refractivity (Wildman–Crippen MR) is 131 cm³/mol. The molecule has 188 valence electrons. The fraction of sp³-hybridized carbons (Fsp3) is 0.308. The first-order valence-electron chi connectivity index (χ1n) is 11.8. The Bertz CT molecular complexity index is 1410. The summed E-state index contributed by atoms with van der Waals surface area (Å²) in [4.78, 5) is 65.0. The van der Waals surface area contributed by atoms with Crippen molar-refractivity contribution < 1.29 is 24.1 Å². The molecule has 2 aromatic carbocycles. The van der Waals surface area contributed by atoms with Gasteiger partial charge in [0.1, 0.15) is 6.54 Å². The topological polar surface area (TPSA) is 118 Å². The van der Waals surface area contributed by atoms with Crippen molar-refractivity contribution in [3.05, 3.63) is 85.9 Å². The van der Waals surface area contributed by atoms with Gasteiger partial charge in [0.25, 0.3) is 23.4 Å². The quantitative estimate of drug-likeness (QED) is 0.178. The molecule has 9 nitrogen and oxygen atoms in total. The molecule has 3 amide bonds. The summed E-state index contributed by atoms with van der Waals surface area (Å²) >= 11 is 12.2. The van der Waals surface area contributed by atoms with Crippen LogP contribution < -0.4 is 0 Å². The highest BCUT2D eigenvalue weighted by molar-refractivity contribution is 6.36. The highest BCUT2D eigenvalue weighted by atomic mass is 35.5. The molecule has 1 saturated heterocycles. The Hall–Kier alpha value is -3.56. The van der Waals surface area contributed by atoms with Gasteiger partial charge in [-0.3, -0.25) is 29.3 Å². The summed E-state index contributed by atoms with van der Waals surface area (Å²) in [6.45, 7) is -0.689. The van der Waals surface area contributed by atoms with E-state index in [0.29, 0.717) is 11.8 Å². The minimum atomic E-state index is -0.828. The van der Waals surface area contributed by atoms with E-state index in [1.165, 1.54) is 36.4 Å². The van der Waals surface area contributed by atoms with Crippen molar-refractivity contribution in [1.82, 2.24) is 10.0 Å². The van der Waals surface area contributed by atoms with Crippen LogP contribution in [0.2, 0.25) is 10.0 Å². The molecule has 1 aliphatic heterocycles. The molecule has 2 bridgehead atoms. The van der Waals surface area contributed by atoms with E-state index in [-0.39, 0.29) is 38.7 Å². The van der Waals surface area contributed by atoms with Gasteiger partial charge in [-0.15, -0.1) is 0 Å². The van der Waals surface area contributed by atoms with Gasteiger partial charge in [-0.1, -0.05) is 47.5 Å². The summed E-state index contributed by atoms with van der Waals surface area (Å²) in [5, 5.41) is 13.1. The molecule has 4 aliphatic carbocycles. The monoisotopic (exact) mass is 539 g/mol. The number of hydrazine groups is 1. The van der Waals surface area contributed by atoms with Gasteiger partial charge in [-0.2, -0.15) is 5.01 Å². The first kappa shape index (κ1) is 23.8. The van der Waals surface area contributed by atoms with Crippen LogP contribution in [0.1, 0.15) is 27.1 Å². The second kappa shape index (κ2) is 8.49. The number of halogens is 2. The maximum absolute atomic E-state index is 13.7. The van der Waals surface area contributed by atoms with Crippen LogP contribution in [0, 0.1) is 45.6 Å². The van der Waals surface area contributed by atoms with Crippen LogP contribution in [0.4, 0.5) is 5.69 Å². The van der Waals surface area contributed by atoms with Crippen molar-refractivity contribution in [2.75, 3.05) is 6.54 Å². The van der Waals surface area contributed by atoms with Gasteiger partial charge in [0.15, 0.2) is 5.78 Å². The number of imide groups is 1. The molecule has 0 aromatic heterocycles. The number of ketones is 1. The van der Waals surface area contributed by atoms with E-state index < -0.39 is 46.8 Å². The number of nitro benzene ring substituents is 1. The van der Waals surface area contributed by atoms with Crippen LogP contribution in [0.5, 0.6) is 0 Å². The van der Waals surface area contributed by atoms with Gasteiger partial charge < -0.3 is 0 Å². The van der Waals surface area contributed by atoms with Crippen LogP contribution in [0.3, 0.4) is 0 Å². The van der Waals surface area contributed by atoms with E-state index in [9.17, 15) is 29.3 Å². The van der Waals surface area contributed by atoms with Crippen molar-refractivity contribution in [3.63, 3.8) is 0 Å². The lowest BCUT2D eigenvalue weighted by atomic mass is 9.63. The Labute approximate surface area is 220 Å². The molecular formula is C26H19Cl2N3O6. The first-order valence-corrected chi connectivity index (χ1v) is 12.5.